The largest absolute Gasteiger partial charge is 0.467 e. The number of ether oxygens (including phenoxy) is 2. The third-order valence-electron chi connectivity index (χ3n) is 6.51. The van der Waals surface area contributed by atoms with E-state index < -0.39 is 0 Å². The summed E-state index contributed by atoms with van der Waals surface area (Å²) in [5.74, 6) is 1.01. The highest BCUT2D eigenvalue weighted by atomic mass is 31.1. The Labute approximate surface area is 211 Å². The van der Waals surface area contributed by atoms with Crippen molar-refractivity contribution < 1.29 is 9.47 Å². The van der Waals surface area contributed by atoms with E-state index in [9.17, 15) is 0 Å². The predicted octanol–water partition coefficient (Wildman–Crippen LogP) is 7.74. The number of benzene rings is 2. The molecule has 0 N–H and O–H groups in total. The average molecular weight is 486 g/mol. The molecule has 3 nitrogen and oxygen atoms in total. The molecule has 2 aromatic rings. The normalized spacial score (nSPS) is 14.4. The van der Waals surface area contributed by atoms with Gasteiger partial charge in [-0.1, -0.05) is 107 Å². The molecule has 190 valence electrons. The molecule has 2 unspecified atom stereocenters. The van der Waals surface area contributed by atoms with Crippen molar-refractivity contribution in [3.63, 3.8) is 0 Å². The predicted molar refractivity (Wildman–Crippen MR) is 152 cm³/mol. The van der Waals surface area contributed by atoms with Gasteiger partial charge in [0.15, 0.2) is 6.79 Å². The Morgan fingerprint density at radius 3 is 2.03 bits per heavy atom. The molecule has 0 aromatic heterocycles. The topological polar surface area (TPSA) is 21.7 Å². The van der Waals surface area contributed by atoms with E-state index in [0.29, 0.717) is 8.58 Å². The van der Waals surface area contributed by atoms with Crippen LogP contribution < -0.4 is 14.9 Å². The van der Waals surface area contributed by atoms with Crippen LogP contribution in [0.25, 0.3) is 0 Å². The average Bonchev–Trinajstić information content (AvgIpc) is 2.74. The van der Waals surface area contributed by atoms with Gasteiger partial charge in [0.2, 0.25) is 0 Å². The van der Waals surface area contributed by atoms with Crippen LogP contribution in [0.2, 0.25) is 0 Å². The Morgan fingerprint density at radius 2 is 1.50 bits per heavy atom. The molecule has 0 radical (unpaired) electrons. The minimum Gasteiger partial charge on any atom is -0.467 e. The molecule has 0 fully saturated rings. The molecular formula is C30H48NO2P. The fraction of sp³-hybridized carbons (Fsp3) is 0.600. The second-order valence-corrected chi connectivity index (χ2v) is 13.8. The van der Waals surface area contributed by atoms with Gasteiger partial charge in [-0.15, -0.1) is 0 Å². The smallest absolute Gasteiger partial charge is 0.188 e. The molecule has 0 aliphatic carbocycles. The van der Waals surface area contributed by atoms with Gasteiger partial charge in [-0.25, -0.2) is 0 Å². The first kappa shape index (κ1) is 28.7. The van der Waals surface area contributed by atoms with E-state index in [1.165, 1.54) is 40.5 Å². The van der Waals surface area contributed by atoms with Crippen LogP contribution in [0.3, 0.4) is 0 Å². The Balaban J connectivity index is 2.85. The molecular weight excluding hydrogens is 437 g/mol. The van der Waals surface area contributed by atoms with Gasteiger partial charge in [-0.3, -0.25) is 0 Å². The third-order valence-corrected chi connectivity index (χ3v) is 8.27. The second-order valence-electron chi connectivity index (χ2n) is 11.9. The van der Waals surface area contributed by atoms with Crippen LogP contribution >= 0.6 is 8.58 Å². The molecule has 34 heavy (non-hydrogen) atoms. The van der Waals surface area contributed by atoms with Crippen LogP contribution in [-0.2, 0) is 20.7 Å². The maximum Gasteiger partial charge on any atom is 0.188 e. The van der Waals surface area contributed by atoms with Crippen molar-refractivity contribution in [1.29, 1.82) is 0 Å². The summed E-state index contributed by atoms with van der Waals surface area (Å²) in [7, 11) is 6.60. The molecule has 0 aliphatic rings. The van der Waals surface area contributed by atoms with Gasteiger partial charge in [0.25, 0.3) is 0 Å². The maximum absolute atomic E-state index is 6.42. The highest BCUT2D eigenvalue weighted by Crippen LogP contribution is 2.52. The summed E-state index contributed by atoms with van der Waals surface area (Å²) in [5.41, 5.74) is 5.25. The van der Waals surface area contributed by atoms with Crippen molar-refractivity contribution in [2.75, 3.05) is 32.9 Å². The zero-order chi connectivity index (χ0) is 25.7. The molecule has 0 amide bonds. The number of hydrogen-bond donors (Lipinski definition) is 0. The summed E-state index contributed by atoms with van der Waals surface area (Å²) in [4.78, 5) is 2.23. The van der Waals surface area contributed by atoms with E-state index in [0.717, 1.165) is 12.2 Å². The summed E-state index contributed by atoms with van der Waals surface area (Å²) in [6, 6.07) is 13.6. The molecule has 0 heterocycles. The van der Waals surface area contributed by atoms with Gasteiger partial charge >= 0.3 is 0 Å². The number of methoxy groups -OCH3 is 1. The zero-order valence-corrected chi connectivity index (χ0v) is 24.6. The van der Waals surface area contributed by atoms with E-state index in [4.69, 9.17) is 9.47 Å². The van der Waals surface area contributed by atoms with Gasteiger partial charge in [-0.2, -0.15) is 0 Å². The number of hydrogen-bond acceptors (Lipinski definition) is 3. The Hall–Kier alpha value is -1.57. The van der Waals surface area contributed by atoms with Gasteiger partial charge in [0.05, 0.1) is 0 Å². The van der Waals surface area contributed by atoms with E-state index in [1.54, 1.807) is 7.11 Å². The lowest BCUT2D eigenvalue weighted by Gasteiger charge is -2.37. The van der Waals surface area contributed by atoms with Crippen LogP contribution in [0.15, 0.2) is 36.4 Å². The second kappa shape index (κ2) is 11.4. The first-order valence-electron chi connectivity index (χ1n) is 12.6. The minimum absolute atomic E-state index is 0.0462. The Morgan fingerprint density at radius 1 is 0.882 bits per heavy atom. The summed E-state index contributed by atoms with van der Waals surface area (Å²) in [6.07, 6.45) is 3.47. The molecule has 0 aliphatic heterocycles. The van der Waals surface area contributed by atoms with E-state index in [1.807, 2.05) is 0 Å². The molecule has 2 atom stereocenters. The molecule has 0 spiro atoms. The third kappa shape index (κ3) is 6.98. The van der Waals surface area contributed by atoms with Crippen molar-refractivity contribution in [1.82, 2.24) is 0 Å². The standard InChI is InChI=1S/C30H48NO2P/c1-12-13-18-30(8,34-26-17-15-14-16-25(26)31(9)10)24-20-22(28(2,3)4)19-23(29(5,6)7)27(24)33-21-32-11/h14-17,19-20,34H,12-13,18,21H2,1-11H3. The SMILES string of the molecule is CCCCC(C)(Pc1ccccc1N(C)C)c1cc(C(C)(C)C)cc(C(C)(C)C)c1OCOC. The zero-order valence-electron chi connectivity index (χ0n) is 23.6. The Bertz CT molecular complexity index is 940. The van der Waals surface area contributed by atoms with E-state index in [2.05, 4.69) is 111 Å². The maximum atomic E-state index is 6.42. The van der Waals surface area contributed by atoms with Crippen molar-refractivity contribution >= 4 is 19.6 Å². The van der Waals surface area contributed by atoms with Crippen molar-refractivity contribution in [2.24, 2.45) is 0 Å². The first-order chi connectivity index (χ1) is 15.7. The lowest BCUT2D eigenvalue weighted by molar-refractivity contribution is 0.0486. The molecule has 0 saturated carbocycles. The monoisotopic (exact) mass is 485 g/mol. The summed E-state index contributed by atoms with van der Waals surface area (Å²) in [5, 5.41) is 1.36. The van der Waals surface area contributed by atoms with Gasteiger partial charge in [-0.05, 0) is 34.2 Å². The van der Waals surface area contributed by atoms with Crippen LogP contribution in [0.4, 0.5) is 5.69 Å². The minimum atomic E-state index is -0.0491. The Kier molecular flexibility index (Phi) is 9.65. The lowest BCUT2D eigenvalue weighted by atomic mass is 9.76. The number of rotatable bonds is 10. The fourth-order valence-electron chi connectivity index (χ4n) is 4.36. The van der Waals surface area contributed by atoms with Gasteiger partial charge < -0.3 is 14.4 Å². The van der Waals surface area contributed by atoms with E-state index >= 15 is 0 Å². The van der Waals surface area contributed by atoms with Crippen LogP contribution in [-0.4, -0.2) is 28.0 Å². The van der Waals surface area contributed by atoms with Crippen molar-refractivity contribution in [3.8, 4) is 5.75 Å². The van der Waals surface area contributed by atoms with Crippen LogP contribution in [0.5, 0.6) is 5.75 Å². The number of nitrogens with zero attached hydrogens (tertiary/aromatic N) is 1. The molecule has 0 saturated heterocycles. The van der Waals surface area contributed by atoms with Gasteiger partial charge in [0, 0.05) is 43.2 Å². The number of unbranched alkanes of at least 4 members (excludes halogenated alkanes) is 1. The van der Waals surface area contributed by atoms with Crippen molar-refractivity contribution in [3.05, 3.63) is 53.1 Å². The lowest BCUT2D eigenvalue weighted by Crippen LogP contribution is -2.27. The summed E-state index contributed by atoms with van der Waals surface area (Å²) in [6.45, 7) is 18.8. The molecule has 4 heteroatoms. The first-order valence-corrected chi connectivity index (χ1v) is 13.6. The highest BCUT2D eigenvalue weighted by molar-refractivity contribution is 7.49. The van der Waals surface area contributed by atoms with E-state index in [-0.39, 0.29) is 22.8 Å². The number of para-hydroxylation sites is 1. The highest BCUT2D eigenvalue weighted by Gasteiger charge is 2.35. The van der Waals surface area contributed by atoms with Gasteiger partial charge in [0.1, 0.15) is 5.75 Å². The quantitative estimate of drug-likeness (QED) is 0.254. The molecule has 0 bridgehead atoms. The van der Waals surface area contributed by atoms with Crippen molar-refractivity contribution in [2.45, 2.75) is 90.6 Å². The fourth-order valence-corrected chi connectivity index (χ4v) is 6.19. The summed E-state index contributed by atoms with van der Waals surface area (Å²) < 4.78 is 11.8. The summed E-state index contributed by atoms with van der Waals surface area (Å²) >= 11 is 0. The number of anilines is 1. The molecule has 2 aromatic carbocycles. The van der Waals surface area contributed by atoms with Crippen LogP contribution in [0, 0.1) is 0 Å². The molecule has 2 rings (SSSR count). The van der Waals surface area contributed by atoms with Crippen LogP contribution in [0.1, 0.15) is 91.3 Å².